The molecule has 1 aromatic rings. The monoisotopic (exact) mass is 363 g/mol. The molecule has 1 saturated carbocycles. The van der Waals surface area contributed by atoms with Gasteiger partial charge in [0.05, 0.1) is 6.10 Å². The molecule has 4 heteroatoms. The van der Waals surface area contributed by atoms with Crippen LogP contribution >= 0.6 is 0 Å². The zero-order valence-corrected chi connectivity index (χ0v) is 18.0. The molecule has 0 radical (unpaired) electrons. The molecule has 25 heavy (non-hydrogen) atoms. The van der Waals surface area contributed by atoms with Crippen molar-refractivity contribution in [3.8, 4) is 5.75 Å². The fourth-order valence-corrected chi connectivity index (χ4v) is 4.57. The number of hydrogen-bond acceptors (Lipinski definition) is 3. The molecule has 0 aromatic heterocycles. The van der Waals surface area contributed by atoms with Crippen molar-refractivity contribution in [2.45, 2.75) is 83.7 Å². The van der Waals surface area contributed by atoms with Gasteiger partial charge in [-0.2, -0.15) is 0 Å². The summed E-state index contributed by atoms with van der Waals surface area (Å²) < 4.78 is 12.7. The van der Waals surface area contributed by atoms with Crippen molar-refractivity contribution in [2.24, 2.45) is 0 Å². The highest BCUT2D eigenvalue weighted by atomic mass is 28.4. The minimum Gasteiger partial charge on any atom is -0.491 e. The Bertz CT molecular complexity index is 527. The summed E-state index contributed by atoms with van der Waals surface area (Å²) in [5, 5.41) is 3.57. The molecule has 1 aliphatic rings. The maximum Gasteiger partial charge on any atom is 0.184 e. The van der Waals surface area contributed by atoms with Crippen molar-refractivity contribution < 1.29 is 9.16 Å². The van der Waals surface area contributed by atoms with E-state index in [-0.39, 0.29) is 11.6 Å². The molecular weight excluding hydrogens is 326 g/mol. The second-order valence-electron chi connectivity index (χ2n) is 9.31. The van der Waals surface area contributed by atoms with Crippen LogP contribution in [0.5, 0.6) is 5.75 Å². The molecule has 0 saturated heterocycles. The van der Waals surface area contributed by atoms with Gasteiger partial charge in [0.1, 0.15) is 12.4 Å². The van der Waals surface area contributed by atoms with E-state index in [9.17, 15) is 0 Å². The predicted molar refractivity (Wildman–Crippen MR) is 109 cm³/mol. The van der Waals surface area contributed by atoms with Gasteiger partial charge in [0.15, 0.2) is 8.32 Å². The summed E-state index contributed by atoms with van der Waals surface area (Å²) in [4.78, 5) is 0. The van der Waals surface area contributed by atoms with Gasteiger partial charge < -0.3 is 14.5 Å². The standard InChI is InChI=1S/C21H37NO2Si/c1-21(2,3)22-15-18(24-25(4,5)6)16-23-20-14-10-9-13-19(20)17-11-7-8-12-17/h9-10,13-14,17-18,22H,7-8,11-12,15-16H2,1-6H3. The van der Waals surface area contributed by atoms with Crippen molar-refractivity contribution in [1.29, 1.82) is 0 Å². The molecule has 3 nitrogen and oxygen atoms in total. The third-order valence-electron chi connectivity index (χ3n) is 4.52. The molecule has 1 aromatic carbocycles. The Kier molecular flexibility index (Phi) is 7.12. The molecule has 1 fully saturated rings. The summed E-state index contributed by atoms with van der Waals surface area (Å²) in [5.74, 6) is 1.72. The largest absolute Gasteiger partial charge is 0.491 e. The van der Waals surface area contributed by atoms with E-state index in [1.54, 1.807) is 0 Å². The van der Waals surface area contributed by atoms with Gasteiger partial charge in [0.2, 0.25) is 0 Å². The number of ether oxygens (including phenoxy) is 1. The Morgan fingerprint density at radius 1 is 1.12 bits per heavy atom. The van der Waals surface area contributed by atoms with Crippen molar-refractivity contribution in [2.75, 3.05) is 13.2 Å². The lowest BCUT2D eigenvalue weighted by atomic mass is 9.97. The highest BCUT2D eigenvalue weighted by molar-refractivity contribution is 6.69. The SMILES string of the molecule is CC(C)(C)NCC(COc1ccccc1C1CCCC1)O[Si](C)(C)C. The first kappa shape index (κ1) is 20.5. The lowest BCUT2D eigenvalue weighted by Gasteiger charge is -2.30. The molecule has 1 aliphatic carbocycles. The summed E-state index contributed by atoms with van der Waals surface area (Å²) in [5.41, 5.74) is 1.47. The first-order valence-corrected chi connectivity index (χ1v) is 13.2. The average molecular weight is 364 g/mol. The summed E-state index contributed by atoms with van der Waals surface area (Å²) in [6, 6.07) is 8.58. The van der Waals surface area contributed by atoms with Crippen LogP contribution in [-0.2, 0) is 4.43 Å². The summed E-state index contributed by atoms with van der Waals surface area (Å²) in [6.45, 7) is 14.7. The van der Waals surface area contributed by atoms with E-state index >= 15 is 0 Å². The Morgan fingerprint density at radius 2 is 1.76 bits per heavy atom. The minimum atomic E-state index is -1.61. The van der Waals surface area contributed by atoms with E-state index in [0.29, 0.717) is 12.5 Å². The summed E-state index contributed by atoms with van der Waals surface area (Å²) in [6.07, 6.45) is 5.36. The van der Waals surface area contributed by atoms with Gasteiger partial charge in [-0.1, -0.05) is 31.0 Å². The van der Waals surface area contributed by atoms with Crippen LogP contribution in [-0.4, -0.2) is 33.1 Å². The van der Waals surface area contributed by atoms with Crippen LogP contribution in [0.25, 0.3) is 0 Å². The molecular formula is C21H37NO2Si. The zero-order valence-electron chi connectivity index (χ0n) is 17.0. The van der Waals surface area contributed by atoms with Crippen LogP contribution < -0.4 is 10.1 Å². The molecule has 0 aliphatic heterocycles. The van der Waals surface area contributed by atoms with Gasteiger partial charge in [-0.3, -0.25) is 0 Å². The number of benzene rings is 1. The zero-order chi connectivity index (χ0) is 18.5. The third-order valence-corrected chi connectivity index (χ3v) is 5.56. The normalized spacial score (nSPS) is 17.7. The van der Waals surface area contributed by atoms with Gasteiger partial charge in [-0.25, -0.2) is 0 Å². The van der Waals surface area contributed by atoms with Crippen molar-refractivity contribution in [1.82, 2.24) is 5.32 Å². The lowest BCUT2D eigenvalue weighted by molar-refractivity contribution is 0.114. The van der Waals surface area contributed by atoms with Crippen LogP contribution in [0.4, 0.5) is 0 Å². The Morgan fingerprint density at radius 3 is 2.36 bits per heavy atom. The van der Waals surface area contributed by atoms with Gasteiger partial charge >= 0.3 is 0 Å². The first-order valence-electron chi connectivity index (χ1n) is 9.79. The smallest absolute Gasteiger partial charge is 0.184 e. The topological polar surface area (TPSA) is 30.5 Å². The van der Waals surface area contributed by atoms with Crippen molar-refractivity contribution in [3.63, 3.8) is 0 Å². The Labute approximate surface area is 155 Å². The predicted octanol–water partition coefficient (Wildman–Crippen LogP) is 5.33. The lowest BCUT2D eigenvalue weighted by Crippen LogP contribution is -2.46. The fourth-order valence-electron chi connectivity index (χ4n) is 3.42. The average Bonchev–Trinajstić information content (AvgIpc) is 3.02. The van der Waals surface area contributed by atoms with E-state index in [1.807, 2.05) is 0 Å². The van der Waals surface area contributed by atoms with E-state index in [0.717, 1.165) is 12.3 Å². The first-order chi connectivity index (χ1) is 11.6. The van der Waals surface area contributed by atoms with Gasteiger partial charge in [0, 0.05) is 12.1 Å². The van der Waals surface area contributed by atoms with E-state index < -0.39 is 8.32 Å². The minimum absolute atomic E-state index is 0.0857. The maximum atomic E-state index is 6.37. The Balaban J connectivity index is 2.01. The summed E-state index contributed by atoms with van der Waals surface area (Å²) in [7, 11) is -1.61. The summed E-state index contributed by atoms with van der Waals surface area (Å²) >= 11 is 0. The Hall–Kier alpha value is -0.843. The number of hydrogen-bond donors (Lipinski definition) is 1. The molecule has 1 N–H and O–H groups in total. The van der Waals surface area contributed by atoms with Crippen LogP contribution in [0.2, 0.25) is 19.6 Å². The molecule has 0 spiro atoms. The molecule has 0 heterocycles. The van der Waals surface area contributed by atoms with Crippen molar-refractivity contribution in [3.05, 3.63) is 29.8 Å². The molecule has 0 amide bonds. The van der Waals surface area contributed by atoms with Crippen LogP contribution in [0.15, 0.2) is 24.3 Å². The quantitative estimate of drug-likeness (QED) is 0.633. The number of nitrogens with one attached hydrogen (secondary N) is 1. The number of rotatable bonds is 8. The van der Waals surface area contributed by atoms with Crippen molar-refractivity contribution >= 4 is 8.32 Å². The van der Waals surface area contributed by atoms with Gasteiger partial charge in [0.25, 0.3) is 0 Å². The van der Waals surface area contributed by atoms with Gasteiger partial charge in [-0.05, 0) is 70.8 Å². The molecule has 2 rings (SSSR count). The van der Waals surface area contributed by atoms with E-state index in [1.165, 1.54) is 31.2 Å². The highest BCUT2D eigenvalue weighted by Gasteiger charge is 2.25. The fraction of sp³-hybridized carbons (Fsp3) is 0.714. The number of para-hydroxylation sites is 1. The second kappa shape index (κ2) is 8.70. The second-order valence-corrected chi connectivity index (χ2v) is 13.8. The molecule has 142 valence electrons. The molecule has 1 unspecified atom stereocenters. The molecule has 0 bridgehead atoms. The highest BCUT2D eigenvalue weighted by Crippen LogP contribution is 2.38. The molecule has 1 atom stereocenters. The van der Waals surface area contributed by atoms with E-state index in [4.69, 9.17) is 9.16 Å². The van der Waals surface area contributed by atoms with Crippen LogP contribution in [0, 0.1) is 0 Å². The van der Waals surface area contributed by atoms with Gasteiger partial charge in [-0.15, -0.1) is 0 Å². The third kappa shape index (κ3) is 7.51. The van der Waals surface area contributed by atoms with Crippen LogP contribution in [0.1, 0.15) is 57.9 Å². The van der Waals surface area contributed by atoms with Crippen LogP contribution in [0.3, 0.4) is 0 Å². The van der Waals surface area contributed by atoms with E-state index in [2.05, 4.69) is 70.0 Å². The maximum absolute atomic E-state index is 6.37.